The normalized spacial score (nSPS) is 24.9. The van der Waals surface area contributed by atoms with Crippen LogP contribution in [-0.2, 0) is 6.42 Å². The first-order valence-electron chi connectivity index (χ1n) is 6.93. The highest BCUT2D eigenvalue weighted by Crippen LogP contribution is 2.44. The largest absolute Gasteiger partial charge is 0.392 e. The van der Waals surface area contributed by atoms with Crippen LogP contribution in [0.15, 0.2) is 18.2 Å². The van der Waals surface area contributed by atoms with Crippen LogP contribution >= 0.6 is 11.6 Å². The monoisotopic (exact) mass is 326 g/mol. The molecule has 3 atom stereocenters. The minimum absolute atomic E-state index is 0.0924. The highest BCUT2D eigenvalue weighted by molar-refractivity contribution is 6.21. The predicted molar refractivity (Wildman–Crippen MR) is 71.2 cm³/mol. The molecule has 0 amide bonds. The van der Waals surface area contributed by atoms with Crippen LogP contribution in [0.5, 0.6) is 0 Å². The summed E-state index contributed by atoms with van der Waals surface area (Å²) in [5.74, 6) is -4.06. The molecular weight excluding hydrogens is 311 g/mol. The van der Waals surface area contributed by atoms with Crippen molar-refractivity contribution in [2.75, 3.05) is 0 Å². The van der Waals surface area contributed by atoms with Crippen LogP contribution < -0.4 is 0 Å². The van der Waals surface area contributed by atoms with Gasteiger partial charge in [0, 0.05) is 5.38 Å². The average molecular weight is 327 g/mol. The van der Waals surface area contributed by atoms with Crippen molar-refractivity contribution in [3.8, 4) is 0 Å². The first kappa shape index (κ1) is 16.5. The maximum absolute atomic E-state index is 13.1. The van der Waals surface area contributed by atoms with Crippen LogP contribution in [0.2, 0.25) is 0 Å². The average Bonchev–Trinajstić information content (AvgIpc) is 2.42. The summed E-state index contributed by atoms with van der Waals surface area (Å²) in [6.07, 6.45) is -2.37. The molecule has 0 saturated heterocycles. The Morgan fingerprint density at radius 3 is 2.38 bits per heavy atom. The molecule has 118 valence electrons. The standard InChI is InChI=1S/C15H16ClF5/c16-12(7-9-5-6-13(17)14(18)8-9)10-3-1-2-4-11(10)15(19,20)21/h5-6,8,10-12H,1-4,7H2. The second kappa shape index (κ2) is 6.51. The van der Waals surface area contributed by atoms with Crippen LogP contribution in [-0.4, -0.2) is 11.6 Å². The maximum atomic E-state index is 13.1. The van der Waals surface area contributed by atoms with Gasteiger partial charge in [-0.25, -0.2) is 8.78 Å². The molecule has 1 aromatic carbocycles. The number of halogens is 6. The predicted octanol–water partition coefficient (Wildman–Crippen LogP) is 5.48. The van der Waals surface area contributed by atoms with Crippen molar-refractivity contribution in [2.45, 2.75) is 43.7 Å². The van der Waals surface area contributed by atoms with E-state index >= 15 is 0 Å². The Bertz CT molecular complexity index is 485. The first-order valence-corrected chi connectivity index (χ1v) is 7.37. The second-order valence-corrected chi connectivity index (χ2v) is 6.13. The summed E-state index contributed by atoms with van der Waals surface area (Å²) in [6.45, 7) is 0. The van der Waals surface area contributed by atoms with E-state index < -0.39 is 35.0 Å². The van der Waals surface area contributed by atoms with Crippen molar-refractivity contribution >= 4 is 11.6 Å². The fourth-order valence-electron chi connectivity index (χ4n) is 3.04. The van der Waals surface area contributed by atoms with Crippen LogP contribution in [0.25, 0.3) is 0 Å². The lowest BCUT2D eigenvalue weighted by atomic mass is 9.75. The summed E-state index contributed by atoms with van der Waals surface area (Å²) < 4.78 is 65.1. The molecule has 3 unspecified atom stereocenters. The van der Waals surface area contributed by atoms with Crippen LogP contribution in [0.1, 0.15) is 31.2 Å². The molecule has 0 bridgehead atoms. The third-order valence-electron chi connectivity index (χ3n) is 4.12. The Kier molecular flexibility index (Phi) is 5.12. The zero-order chi connectivity index (χ0) is 15.6. The molecule has 0 aromatic heterocycles. The fourth-order valence-corrected chi connectivity index (χ4v) is 3.52. The Morgan fingerprint density at radius 2 is 1.76 bits per heavy atom. The van der Waals surface area contributed by atoms with Gasteiger partial charge in [0.25, 0.3) is 0 Å². The number of hydrogen-bond donors (Lipinski definition) is 0. The quantitative estimate of drug-likeness (QED) is 0.509. The molecule has 1 aliphatic rings. The lowest BCUT2D eigenvalue weighted by Gasteiger charge is -2.35. The molecule has 0 aliphatic heterocycles. The van der Waals surface area contributed by atoms with E-state index in [1.165, 1.54) is 6.07 Å². The molecule has 0 heterocycles. The number of benzene rings is 1. The van der Waals surface area contributed by atoms with Gasteiger partial charge in [-0.05, 0) is 42.9 Å². The maximum Gasteiger partial charge on any atom is 0.392 e. The van der Waals surface area contributed by atoms with Crippen LogP contribution in [0, 0.1) is 23.5 Å². The van der Waals surface area contributed by atoms with Gasteiger partial charge in [-0.15, -0.1) is 11.6 Å². The molecule has 0 nitrogen and oxygen atoms in total. The topological polar surface area (TPSA) is 0 Å². The van der Waals surface area contributed by atoms with Crippen LogP contribution in [0.3, 0.4) is 0 Å². The molecule has 21 heavy (non-hydrogen) atoms. The first-order chi connectivity index (χ1) is 9.79. The van der Waals surface area contributed by atoms with E-state index in [0.717, 1.165) is 18.6 Å². The fraction of sp³-hybridized carbons (Fsp3) is 0.600. The van der Waals surface area contributed by atoms with Crippen molar-refractivity contribution in [1.82, 2.24) is 0 Å². The molecular formula is C15H16ClF5. The Morgan fingerprint density at radius 1 is 1.10 bits per heavy atom. The summed E-state index contributed by atoms with van der Waals surface area (Å²) >= 11 is 6.17. The van der Waals surface area contributed by atoms with Crippen LogP contribution in [0.4, 0.5) is 22.0 Å². The van der Waals surface area contributed by atoms with E-state index in [2.05, 4.69) is 0 Å². The summed E-state index contributed by atoms with van der Waals surface area (Å²) in [4.78, 5) is 0. The highest BCUT2D eigenvalue weighted by Gasteiger charge is 2.47. The van der Waals surface area contributed by atoms with Crippen molar-refractivity contribution in [3.63, 3.8) is 0 Å². The third-order valence-corrected chi connectivity index (χ3v) is 4.60. The van der Waals surface area contributed by atoms with Gasteiger partial charge in [0.1, 0.15) is 0 Å². The van der Waals surface area contributed by atoms with Gasteiger partial charge >= 0.3 is 6.18 Å². The Balaban J connectivity index is 2.10. The van der Waals surface area contributed by atoms with Crippen molar-refractivity contribution in [2.24, 2.45) is 11.8 Å². The van der Waals surface area contributed by atoms with Crippen molar-refractivity contribution in [1.29, 1.82) is 0 Å². The SMILES string of the molecule is Fc1ccc(CC(Cl)C2CCCCC2C(F)(F)F)cc1F. The molecule has 1 aliphatic carbocycles. The summed E-state index contributed by atoms with van der Waals surface area (Å²) in [7, 11) is 0. The van der Waals surface area contributed by atoms with Gasteiger partial charge in [0.2, 0.25) is 0 Å². The van der Waals surface area contributed by atoms with Gasteiger partial charge < -0.3 is 0 Å². The third kappa shape index (κ3) is 4.09. The summed E-state index contributed by atoms with van der Waals surface area (Å²) in [6, 6.07) is 3.33. The van der Waals surface area contributed by atoms with Gasteiger partial charge in [0.15, 0.2) is 11.6 Å². The highest BCUT2D eigenvalue weighted by atomic mass is 35.5. The van der Waals surface area contributed by atoms with E-state index in [0.29, 0.717) is 18.4 Å². The summed E-state index contributed by atoms with van der Waals surface area (Å²) in [5.41, 5.74) is 0.417. The van der Waals surface area contributed by atoms with Gasteiger partial charge in [0.05, 0.1) is 5.92 Å². The molecule has 0 radical (unpaired) electrons. The molecule has 1 saturated carbocycles. The molecule has 6 heteroatoms. The lowest BCUT2D eigenvalue weighted by molar-refractivity contribution is -0.196. The van der Waals surface area contributed by atoms with Gasteiger partial charge in [-0.2, -0.15) is 13.2 Å². The zero-order valence-corrected chi connectivity index (χ0v) is 12.0. The Labute approximate surface area is 125 Å². The number of rotatable bonds is 3. The van der Waals surface area contributed by atoms with E-state index in [-0.39, 0.29) is 12.8 Å². The Hall–Kier alpha value is -0.840. The smallest absolute Gasteiger partial charge is 0.204 e. The minimum Gasteiger partial charge on any atom is -0.204 e. The lowest BCUT2D eigenvalue weighted by Crippen LogP contribution is -2.38. The van der Waals surface area contributed by atoms with Crippen molar-refractivity contribution in [3.05, 3.63) is 35.4 Å². The van der Waals surface area contributed by atoms with E-state index in [4.69, 9.17) is 11.6 Å². The molecule has 2 rings (SSSR count). The van der Waals surface area contributed by atoms with E-state index in [9.17, 15) is 22.0 Å². The van der Waals surface area contributed by atoms with Crippen molar-refractivity contribution < 1.29 is 22.0 Å². The molecule has 0 N–H and O–H groups in total. The molecule has 1 aromatic rings. The van der Waals surface area contributed by atoms with Gasteiger partial charge in [-0.1, -0.05) is 18.9 Å². The van der Waals surface area contributed by atoms with Gasteiger partial charge in [-0.3, -0.25) is 0 Å². The van der Waals surface area contributed by atoms with E-state index in [1.807, 2.05) is 0 Å². The molecule has 0 spiro atoms. The number of alkyl halides is 4. The second-order valence-electron chi connectivity index (χ2n) is 5.56. The minimum atomic E-state index is -4.26. The summed E-state index contributed by atoms with van der Waals surface area (Å²) in [5, 5.41) is -0.734. The van der Waals surface area contributed by atoms with E-state index in [1.54, 1.807) is 0 Å². The molecule has 1 fully saturated rings. The zero-order valence-electron chi connectivity index (χ0n) is 11.3. The number of hydrogen-bond acceptors (Lipinski definition) is 0.